The third-order valence-corrected chi connectivity index (χ3v) is 8.45. The summed E-state index contributed by atoms with van der Waals surface area (Å²) in [5.74, 6) is 0.304. The van der Waals surface area contributed by atoms with E-state index in [-0.39, 0.29) is 30.4 Å². The first-order valence-electron chi connectivity index (χ1n) is 15.7. The summed E-state index contributed by atoms with van der Waals surface area (Å²) in [6.45, 7) is 12.4. The van der Waals surface area contributed by atoms with Gasteiger partial charge in [-0.3, -0.25) is 9.59 Å². The Hall–Kier alpha value is -3.75. The number of benzene rings is 3. The molecule has 0 saturated carbocycles. The molecule has 3 aromatic rings. The van der Waals surface area contributed by atoms with Crippen LogP contribution in [0.15, 0.2) is 66.7 Å². The van der Waals surface area contributed by atoms with Crippen molar-refractivity contribution in [2.75, 3.05) is 18.4 Å². The van der Waals surface area contributed by atoms with Crippen molar-refractivity contribution in [1.82, 2.24) is 10.2 Å². The van der Waals surface area contributed by atoms with E-state index in [9.17, 15) is 14.4 Å². The second-order valence-corrected chi connectivity index (χ2v) is 13.3. The second-order valence-electron chi connectivity index (χ2n) is 12.4. The molecular weight excluding hydrogens is 625 g/mol. The van der Waals surface area contributed by atoms with Gasteiger partial charge in [0.2, 0.25) is 11.8 Å². The number of ether oxygens (including phenoxy) is 2. The van der Waals surface area contributed by atoms with Gasteiger partial charge in [-0.15, -0.1) is 0 Å². The molecule has 2 saturated heterocycles. The fourth-order valence-corrected chi connectivity index (χ4v) is 6.28. The molecule has 10 heteroatoms. The lowest BCUT2D eigenvalue weighted by Gasteiger charge is -2.41. The number of anilines is 1. The summed E-state index contributed by atoms with van der Waals surface area (Å²) in [7, 11) is 0. The summed E-state index contributed by atoms with van der Waals surface area (Å²) in [6, 6.07) is 20.0. The molecule has 2 fully saturated rings. The van der Waals surface area contributed by atoms with Crippen LogP contribution >= 0.6 is 23.2 Å². The van der Waals surface area contributed by atoms with Gasteiger partial charge in [0.15, 0.2) is 0 Å². The minimum absolute atomic E-state index is 0.115. The molecule has 46 heavy (non-hydrogen) atoms. The minimum Gasteiger partial charge on any atom is -0.488 e. The van der Waals surface area contributed by atoms with Crippen LogP contribution in [0.1, 0.15) is 76.6 Å². The first kappa shape index (κ1) is 35.1. The number of hydrogen-bond donors (Lipinski definition) is 2. The van der Waals surface area contributed by atoms with Crippen LogP contribution in [0, 0.1) is 6.92 Å². The molecule has 0 aliphatic carbocycles. The highest BCUT2D eigenvalue weighted by Crippen LogP contribution is 2.53. The highest BCUT2D eigenvalue weighted by atomic mass is 35.5. The molecule has 2 N–H and O–H groups in total. The Balaban J connectivity index is 0.000000466. The van der Waals surface area contributed by atoms with E-state index < -0.39 is 17.1 Å². The van der Waals surface area contributed by atoms with Gasteiger partial charge in [0.1, 0.15) is 22.9 Å². The summed E-state index contributed by atoms with van der Waals surface area (Å²) in [5, 5.41) is 7.41. The smallest absolute Gasteiger partial charge is 0.410 e. The Morgan fingerprint density at radius 1 is 0.978 bits per heavy atom. The third kappa shape index (κ3) is 7.96. The van der Waals surface area contributed by atoms with E-state index in [0.717, 1.165) is 21.7 Å². The van der Waals surface area contributed by atoms with Crippen molar-refractivity contribution < 1.29 is 23.9 Å². The van der Waals surface area contributed by atoms with E-state index in [1.807, 2.05) is 96.1 Å². The van der Waals surface area contributed by atoms with Crippen LogP contribution in [0.2, 0.25) is 10.0 Å². The topological polar surface area (TPSA) is 97.0 Å². The molecule has 3 heterocycles. The number of carbonyl (C=O) groups excluding carboxylic acids is 3. The zero-order chi connectivity index (χ0) is 33.6. The lowest BCUT2D eigenvalue weighted by molar-refractivity contribution is -0.130. The molecule has 246 valence electrons. The number of rotatable bonds is 3. The van der Waals surface area contributed by atoms with Crippen LogP contribution < -0.4 is 15.4 Å². The zero-order valence-corrected chi connectivity index (χ0v) is 28.8. The lowest BCUT2D eigenvalue weighted by Crippen LogP contribution is -2.52. The summed E-state index contributed by atoms with van der Waals surface area (Å²) >= 11 is 11.7. The highest BCUT2D eigenvalue weighted by Gasteiger charge is 2.56. The molecule has 6 rings (SSSR count). The molecule has 8 nitrogen and oxygen atoms in total. The molecule has 3 aromatic carbocycles. The van der Waals surface area contributed by atoms with Gasteiger partial charge in [-0.2, -0.15) is 0 Å². The van der Waals surface area contributed by atoms with Crippen molar-refractivity contribution in [2.24, 2.45) is 0 Å². The van der Waals surface area contributed by atoms with E-state index >= 15 is 0 Å². The summed E-state index contributed by atoms with van der Waals surface area (Å²) < 4.78 is 12.0. The quantitative estimate of drug-likeness (QED) is 0.293. The van der Waals surface area contributed by atoms with Gasteiger partial charge in [0.25, 0.3) is 0 Å². The van der Waals surface area contributed by atoms with Gasteiger partial charge in [-0.05, 0) is 70.0 Å². The van der Waals surface area contributed by atoms with E-state index in [0.29, 0.717) is 42.4 Å². The molecule has 3 amide bonds. The number of hydrogen-bond acceptors (Lipinski definition) is 5. The molecular formula is C36H43Cl2N3O5. The van der Waals surface area contributed by atoms with Crippen LogP contribution in [0.5, 0.6) is 5.75 Å². The van der Waals surface area contributed by atoms with Crippen LogP contribution in [-0.2, 0) is 19.7 Å². The molecule has 0 aromatic heterocycles. The SMILES string of the molecule is CC.Cc1ccc(OC2CCN(C(=O)OC(C)(C)C)C2)c([C@H]2NC(=O)CC[C@]23C(=O)Nc2cc(Cl)ccc23)c1.Clc1ccccc1. The first-order valence-corrected chi connectivity index (χ1v) is 16.5. The Labute approximate surface area is 281 Å². The summed E-state index contributed by atoms with van der Waals surface area (Å²) in [5.41, 5.74) is 1.64. The molecule has 1 unspecified atom stereocenters. The number of likely N-dealkylation sites (tertiary alicyclic amines) is 1. The third-order valence-electron chi connectivity index (χ3n) is 7.96. The molecule has 0 bridgehead atoms. The van der Waals surface area contributed by atoms with Gasteiger partial charge in [0.05, 0.1) is 12.6 Å². The van der Waals surface area contributed by atoms with E-state index in [2.05, 4.69) is 10.6 Å². The fourth-order valence-electron chi connectivity index (χ4n) is 5.97. The number of nitrogens with zero attached hydrogens (tertiary/aromatic N) is 1. The maximum absolute atomic E-state index is 13.6. The van der Waals surface area contributed by atoms with Crippen LogP contribution in [0.25, 0.3) is 0 Å². The Bertz CT molecular complexity index is 1560. The average Bonchev–Trinajstić information content (AvgIpc) is 3.58. The van der Waals surface area contributed by atoms with Gasteiger partial charge >= 0.3 is 6.09 Å². The van der Waals surface area contributed by atoms with Crippen LogP contribution in [0.3, 0.4) is 0 Å². The number of aryl methyl sites for hydroxylation is 1. The molecule has 0 radical (unpaired) electrons. The fraction of sp³-hybridized carbons (Fsp3) is 0.417. The lowest BCUT2D eigenvalue weighted by atomic mass is 9.67. The Morgan fingerprint density at radius 3 is 2.35 bits per heavy atom. The number of carbonyl (C=O) groups is 3. The maximum Gasteiger partial charge on any atom is 0.410 e. The van der Waals surface area contributed by atoms with Crippen molar-refractivity contribution in [2.45, 2.75) is 84.0 Å². The normalized spacial score (nSPS) is 21.6. The number of halogens is 2. The molecule has 3 aliphatic rings. The van der Waals surface area contributed by atoms with E-state index in [1.54, 1.807) is 17.0 Å². The zero-order valence-electron chi connectivity index (χ0n) is 27.3. The predicted molar refractivity (Wildman–Crippen MR) is 183 cm³/mol. The van der Waals surface area contributed by atoms with Crippen molar-refractivity contribution in [3.63, 3.8) is 0 Å². The highest BCUT2D eigenvalue weighted by molar-refractivity contribution is 6.31. The summed E-state index contributed by atoms with van der Waals surface area (Å²) in [6.07, 6.45) is 0.650. The van der Waals surface area contributed by atoms with E-state index in [1.165, 1.54) is 0 Å². The summed E-state index contributed by atoms with van der Waals surface area (Å²) in [4.78, 5) is 40.4. The van der Waals surface area contributed by atoms with Crippen molar-refractivity contribution in [3.8, 4) is 5.75 Å². The van der Waals surface area contributed by atoms with Gasteiger partial charge < -0.3 is 25.0 Å². The number of fused-ring (bicyclic) bond motifs is 2. The first-order chi connectivity index (χ1) is 21.9. The van der Waals surface area contributed by atoms with Crippen molar-refractivity contribution >= 4 is 46.8 Å². The monoisotopic (exact) mass is 667 g/mol. The van der Waals surface area contributed by atoms with Gasteiger partial charge in [0, 0.05) is 40.7 Å². The standard InChI is InChI=1S/C28H32ClN3O5.C6H5Cl.C2H6/c1-16-5-8-22(36-18-10-12-32(15-18)26(35)37-27(2,3)4)19(13-16)24-28(11-9-23(33)31-24)20-7-6-17(29)14-21(20)30-25(28)34;7-6-4-2-1-3-5-6;1-2/h5-8,13-14,18,24H,9-12,15H2,1-4H3,(H,30,34)(H,31,33);1-5H;1-2H3/t18?,24-,28-;;/m1../s1. The molecule has 3 aliphatic heterocycles. The molecule has 1 spiro atoms. The number of amides is 3. The van der Waals surface area contributed by atoms with Crippen LogP contribution in [0.4, 0.5) is 10.5 Å². The Morgan fingerprint density at radius 2 is 1.70 bits per heavy atom. The van der Waals surface area contributed by atoms with Crippen molar-refractivity contribution in [3.05, 3.63) is 93.5 Å². The maximum atomic E-state index is 13.6. The Kier molecular flexibility index (Phi) is 11.3. The van der Waals surface area contributed by atoms with Crippen molar-refractivity contribution in [1.29, 1.82) is 0 Å². The van der Waals surface area contributed by atoms with Gasteiger partial charge in [-0.25, -0.2) is 4.79 Å². The van der Waals surface area contributed by atoms with E-state index in [4.69, 9.17) is 32.7 Å². The number of piperidine rings is 1. The minimum atomic E-state index is -0.988. The van der Waals surface area contributed by atoms with Gasteiger partial charge in [-0.1, -0.05) is 79.0 Å². The van der Waals surface area contributed by atoms with Crippen LogP contribution in [-0.4, -0.2) is 47.6 Å². The average molecular weight is 669 g/mol. The second kappa shape index (κ2) is 14.8. The predicted octanol–water partition coefficient (Wildman–Crippen LogP) is 8.24. The largest absolute Gasteiger partial charge is 0.488 e. The number of nitrogens with one attached hydrogen (secondary N) is 2. The molecule has 3 atom stereocenters.